The molecule has 24 heavy (non-hydrogen) atoms. The van der Waals surface area contributed by atoms with Crippen LogP contribution in [0.1, 0.15) is 18.9 Å². The Kier molecular flexibility index (Phi) is 4.41. The third-order valence-electron chi connectivity index (χ3n) is 4.62. The van der Waals surface area contributed by atoms with Gasteiger partial charge in [0.2, 0.25) is 0 Å². The molecule has 2 fully saturated rings. The van der Waals surface area contributed by atoms with Crippen molar-refractivity contribution in [3.8, 4) is 5.75 Å². The minimum absolute atomic E-state index is 0.133. The van der Waals surface area contributed by atoms with Gasteiger partial charge in [0.05, 0.1) is 25.8 Å². The van der Waals surface area contributed by atoms with Crippen LogP contribution in [-0.4, -0.2) is 60.7 Å². The highest BCUT2D eigenvalue weighted by atomic mass is 32.2. The van der Waals surface area contributed by atoms with E-state index >= 15 is 0 Å². The van der Waals surface area contributed by atoms with E-state index < -0.39 is 28.5 Å². The highest BCUT2D eigenvalue weighted by Gasteiger charge is 2.51. The van der Waals surface area contributed by atoms with E-state index in [0.29, 0.717) is 12.2 Å². The number of nitrogens with zero attached hydrogens (tertiary/aromatic N) is 2. The summed E-state index contributed by atoms with van der Waals surface area (Å²) in [6.07, 6.45) is -0.599. The Morgan fingerprint density at radius 1 is 1.33 bits per heavy atom. The highest BCUT2D eigenvalue weighted by Crippen LogP contribution is 2.35. The van der Waals surface area contributed by atoms with Crippen molar-refractivity contribution in [3.63, 3.8) is 0 Å². The van der Waals surface area contributed by atoms with Gasteiger partial charge in [-0.25, -0.2) is 4.79 Å². The lowest BCUT2D eigenvalue weighted by Gasteiger charge is -2.37. The molecule has 3 rings (SSSR count). The minimum Gasteiger partial charge on any atom is -0.497 e. The van der Waals surface area contributed by atoms with Crippen molar-refractivity contribution in [2.75, 3.05) is 13.7 Å². The van der Waals surface area contributed by atoms with Crippen molar-refractivity contribution >= 4 is 16.4 Å². The quantitative estimate of drug-likeness (QED) is 0.876. The van der Waals surface area contributed by atoms with Crippen LogP contribution in [0.2, 0.25) is 0 Å². The number of amides is 1. The molecule has 2 aliphatic heterocycles. The standard InChI is InChI=1S/C15H20N2O6S/c1-10-7-13-14(17(10)15(18)19)9-23-24(20,21)16(13)8-11-3-5-12(22-2)6-4-11/h3-6,10,13-14H,7-9H2,1-2H3,(H,18,19)/t10-,13+,14+/m1/s1. The lowest BCUT2D eigenvalue weighted by atomic mass is 10.1. The Morgan fingerprint density at radius 2 is 2.00 bits per heavy atom. The van der Waals surface area contributed by atoms with Gasteiger partial charge in [-0.05, 0) is 31.0 Å². The maximum absolute atomic E-state index is 12.3. The molecule has 1 aromatic rings. The van der Waals surface area contributed by atoms with Gasteiger partial charge in [-0.3, -0.25) is 9.08 Å². The van der Waals surface area contributed by atoms with Crippen molar-refractivity contribution < 1.29 is 27.2 Å². The summed E-state index contributed by atoms with van der Waals surface area (Å²) in [7, 11) is -2.32. The fourth-order valence-electron chi connectivity index (χ4n) is 3.46. The molecule has 9 heteroatoms. The second kappa shape index (κ2) is 6.23. The zero-order valence-electron chi connectivity index (χ0n) is 13.5. The molecule has 132 valence electrons. The fourth-order valence-corrected chi connectivity index (χ4v) is 4.77. The summed E-state index contributed by atoms with van der Waals surface area (Å²) in [5, 5.41) is 9.37. The van der Waals surface area contributed by atoms with Crippen LogP contribution >= 0.6 is 0 Å². The largest absolute Gasteiger partial charge is 0.497 e. The molecule has 1 N–H and O–H groups in total. The van der Waals surface area contributed by atoms with Gasteiger partial charge in [-0.15, -0.1) is 0 Å². The van der Waals surface area contributed by atoms with Crippen LogP contribution < -0.4 is 4.74 Å². The Hall–Kier alpha value is -1.84. The zero-order chi connectivity index (χ0) is 17.5. The molecule has 0 unspecified atom stereocenters. The third kappa shape index (κ3) is 2.94. The average molecular weight is 356 g/mol. The molecule has 2 aliphatic rings. The maximum atomic E-state index is 12.3. The molecule has 2 heterocycles. The fraction of sp³-hybridized carbons (Fsp3) is 0.533. The van der Waals surface area contributed by atoms with Crippen LogP contribution in [0.4, 0.5) is 4.79 Å². The number of carboxylic acid groups (broad SMARTS) is 1. The lowest BCUT2D eigenvalue weighted by Crippen LogP contribution is -2.56. The summed E-state index contributed by atoms with van der Waals surface area (Å²) >= 11 is 0. The molecule has 1 aromatic carbocycles. The molecule has 3 atom stereocenters. The van der Waals surface area contributed by atoms with Crippen molar-refractivity contribution in [1.82, 2.24) is 9.21 Å². The number of likely N-dealkylation sites (tertiary alicyclic amines) is 1. The number of benzene rings is 1. The van der Waals surface area contributed by atoms with Crippen molar-refractivity contribution in [1.29, 1.82) is 0 Å². The first-order valence-electron chi connectivity index (χ1n) is 7.64. The normalized spacial score (nSPS) is 29.2. The first kappa shape index (κ1) is 17.0. The molecule has 0 saturated carbocycles. The second-order valence-electron chi connectivity index (χ2n) is 6.04. The number of methoxy groups -OCH3 is 1. The Balaban J connectivity index is 1.87. The Labute approximate surface area is 140 Å². The topological polar surface area (TPSA) is 96.4 Å². The SMILES string of the molecule is COc1ccc(CN2[C@H]3C[C@@H](C)N(C(=O)O)[C@H]3COS2(=O)=O)cc1. The van der Waals surface area contributed by atoms with Gasteiger partial charge in [0.25, 0.3) is 0 Å². The molecule has 0 aromatic heterocycles. The number of carbonyl (C=O) groups is 1. The minimum atomic E-state index is -3.88. The predicted molar refractivity (Wildman–Crippen MR) is 84.9 cm³/mol. The van der Waals surface area contributed by atoms with Crippen LogP contribution in [-0.2, 0) is 21.0 Å². The maximum Gasteiger partial charge on any atom is 0.407 e. The predicted octanol–water partition coefficient (Wildman–Crippen LogP) is 1.28. The van der Waals surface area contributed by atoms with Gasteiger partial charge < -0.3 is 9.84 Å². The smallest absolute Gasteiger partial charge is 0.407 e. The summed E-state index contributed by atoms with van der Waals surface area (Å²) < 4.78 is 36.1. The Morgan fingerprint density at radius 3 is 2.58 bits per heavy atom. The van der Waals surface area contributed by atoms with Gasteiger partial charge in [0.15, 0.2) is 0 Å². The zero-order valence-corrected chi connectivity index (χ0v) is 14.3. The average Bonchev–Trinajstić information content (AvgIpc) is 2.87. The highest BCUT2D eigenvalue weighted by molar-refractivity contribution is 7.84. The molecule has 2 saturated heterocycles. The number of hydrogen-bond donors (Lipinski definition) is 1. The Bertz CT molecular complexity index is 720. The van der Waals surface area contributed by atoms with Crippen molar-refractivity contribution in [3.05, 3.63) is 29.8 Å². The van der Waals surface area contributed by atoms with Gasteiger partial charge in [-0.1, -0.05) is 12.1 Å². The molecule has 0 aliphatic carbocycles. The lowest BCUT2D eigenvalue weighted by molar-refractivity contribution is 0.0740. The summed E-state index contributed by atoms with van der Waals surface area (Å²) in [6, 6.07) is 5.91. The van der Waals surface area contributed by atoms with E-state index in [0.717, 1.165) is 5.56 Å². The first-order valence-corrected chi connectivity index (χ1v) is 9.00. The monoisotopic (exact) mass is 356 g/mol. The molecule has 1 amide bonds. The number of fused-ring (bicyclic) bond motifs is 1. The summed E-state index contributed by atoms with van der Waals surface area (Å²) in [4.78, 5) is 12.7. The van der Waals surface area contributed by atoms with Crippen LogP contribution in [0.25, 0.3) is 0 Å². The van der Waals surface area contributed by atoms with E-state index in [4.69, 9.17) is 8.92 Å². The van der Waals surface area contributed by atoms with Crippen molar-refractivity contribution in [2.24, 2.45) is 0 Å². The van der Waals surface area contributed by atoms with E-state index in [1.54, 1.807) is 38.3 Å². The van der Waals surface area contributed by atoms with E-state index in [9.17, 15) is 18.3 Å². The van der Waals surface area contributed by atoms with E-state index in [1.807, 2.05) is 0 Å². The molecule has 8 nitrogen and oxygen atoms in total. The van der Waals surface area contributed by atoms with Crippen LogP contribution in [0, 0.1) is 0 Å². The summed E-state index contributed by atoms with van der Waals surface area (Å²) in [5.74, 6) is 0.681. The number of rotatable bonds is 3. The number of ether oxygens (including phenoxy) is 1. The molecule has 0 spiro atoms. The third-order valence-corrected chi connectivity index (χ3v) is 6.03. The summed E-state index contributed by atoms with van der Waals surface area (Å²) in [6.45, 7) is 1.78. The first-order chi connectivity index (χ1) is 11.3. The van der Waals surface area contributed by atoms with E-state index in [-0.39, 0.29) is 19.2 Å². The van der Waals surface area contributed by atoms with Gasteiger partial charge in [-0.2, -0.15) is 12.7 Å². The number of hydrogen-bond acceptors (Lipinski definition) is 5. The van der Waals surface area contributed by atoms with Crippen LogP contribution in [0.15, 0.2) is 24.3 Å². The van der Waals surface area contributed by atoms with E-state index in [2.05, 4.69) is 0 Å². The molecule has 0 bridgehead atoms. The molecule has 0 radical (unpaired) electrons. The summed E-state index contributed by atoms with van der Waals surface area (Å²) in [5.41, 5.74) is 0.782. The van der Waals surface area contributed by atoms with Crippen LogP contribution in [0.5, 0.6) is 5.75 Å². The molecular formula is C15H20N2O6S. The van der Waals surface area contributed by atoms with E-state index in [1.165, 1.54) is 9.21 Å². The second-order valence-corrected chi connectivity index (χ2v) is 7.60. The van der Waals surface area contributed by atoms with Gasteiger partial charge in [0.1, 0.15) is 5.75 Å². The van der Waals surface area contributed by atoms with Gasteiger partial charge >= 0.3 is 16.4 Å². The van der Waals surface area contributed by atoms with Gasteiger partial charge in [0, 0.05) is 12.6 Å². The van der Waals surface area contributed by atoms with Crippen molar-refractivity contribution in [2.45, 2.75) is 38.0 Å². The molecular weight excluding hydrogens is 336 g/mol. The van der Waals surface area contributed by atoms with Crippen LogP contribution in [0.3, 0.4) is 0 Å².